The highest BCUT2D eigenvalue weighted by atomic mass is 16.5. The molecule has 0 amide bonds. The highest BCUT2D eigenvalue weighted by Crippen LogP contribution is 2.22. The minimum atomic E-state index is -0.730. The van der Waals surface area contributed by atoms with E-state index in [2.05, 4.69) is 4.98 Å². The molecule has 1 aromatic heterocycles. The molecule has 0 radical (unpaired) electrons. The van der Waals surface area contributed by atoms with Crippen molar-refractivity contribution >= 4 is 5.97 Å². The van der Waals surface area contributed by atoms with Crippen LogP contribution in [0, 0.1) is 0 Å². The predicted octanol–water partition coefficient (Wildman–Crippen LogP) is 4.36. The predicted molar refractivity (Wildman–Crippen MR) is 108 cm³/mol. The van der Waals surface area contributed by atoms with Crippen molar-refractivity contribution in [2.75, 3.05) is 6.54 Å². The maximum Gasteiger partial charge on any atom is 0.320 e. The molecule has 6 heteroatoms. The molecule has 29 heavy (non-hydrogen) atoms. The second-order valence-electron chi connectivity index (χ2n) is 7.26. The molecule has 6 nitrogen and oxygen atoms in total. The number of aliphatic carboxylic acids is 1. The van der Waals surface area contributed by atoms with Gasteiger partial charge in [-0.3, -0.25) is 9.69 Å². The van der Waals surface area contributed by atoms with E-state index in [0.717, 1.165) is 48.4 Å². The number of carboxylic acids is 1. The monoisotopic (exact) mass is 392 g/mol. The number of carboxylic acid groups (broad SMARTS) is 1. The largest absolute Gasteiger partial charge is 0.487 e. The van der Waals surface area contributed by atoms with E-state index in [1.54, 1.807) is 6.26 Å². The van der Waals surface area contributed by atoms with Crippen LogP contribution in [0.3, 0.4) is 0 Å². The lowest BCUT2D eigenvalue weighted by Gasteiger charge is -2.32. The van der Waals surface area contributed by atoms with Gasteiger partial charge in [0.2, 0.25) is 5.89 Å². The molecular weight excluding hydrogens is 368 g/mol. The third kappa shape index (κ3) is 4.84. The summed E-state index contributed by atoms with van der Waals surface area (Å²) in [5, 5.41) is 9.41. The number of hydrogen-bond donors (Lipinski definition) is 1. The highest BCUT2D eigenvalue weighted by Gasteiger charge is 2.28. The summed E-state index contributed by atoms with van der Waals surface area (Å²) < 4.78 is 11.3. The molecule has 1 aliphatic heterocycles. The molecule has 1 fully saturated rings. The first-order valence-electron chi connectivity index (χ1n) is 9.87. The third-order valence-corrected chi connectivity index (χ3v) is 5.17. The van der Waals surface area contributed by atoms with E-state index in [1.165, 1.54) is 0 Å². The Morgan fingerprint density at radius 3 is 2.69 bits per heavy atom. The Morgan fingerprint density at radius 1 is 1.14 bits per heavy atom. The van der Waals surface area contributed by atoms with Gasteiger partial charge < -0.3 is 14.3 Å². The minimum absolute atomic E-state index is 0.322. The van der Waals surface area contributed by atoms with E-state index in [-0.39, 0.29) is 6.04 Å². The fourth-order valence-corrected chi connectivity index (χ4v) is 3.63. The summed E-state index contributed by atoms with van der Waals surface area (Å²) in [7, 11) is 0. The van der Waals surface area contributed by atoms with Gasteiger partial charge in [0.25, 0.3) is 0 Å². The molecule has 1 saturated heterocycles. The van der Waals surface area contributed by atoms with Crippen LogP contribution in [-0.2, 0) is 17.9 Å². The summed E-state index contributed by atoms with van der Waals surface area (Å²) in [5.74, 6) is 0.590. The van der Waals surface area contributed by atoms with Crippen LogP contribution in [0.2, 0.25) is 0 Å². The van der Waals surface area contributed by atoms with Crippen LogP contribution in [0.25, 0.3) is 11.5 Å². The van der Waals surface area contributed by atoms with Gasteiger partial charge in [0, 0.05) is 12.1 Å². The molecule has 1 aliphatic rings. The summed E-state index contributed by atoms with van der Waals surface area (Å²) >= 11 is 0. The van der Waals surface area contributed by atoms with Crippen molar-refractivity contribution in [1.29, 1.82) is 0 Å². The average Bonchev–Trinajstić information content (AvgIpc) is 3.23. The number of benzene rings is 2. The molecule has 0 bridgehead atoms. The summed E-state index contributed by atoms with van der Waals surface area (Å²) in [6.45, 7) is 1.79. The van der Waals surface area contributed by atoms with Gasteiger partial charge in [-0.2, -0.15) is 0 Å². The van der Waals surface area contributed by atoms with Gasteiger partial charge in [0.15, 0.2) is 0 Å². The third-order valence-electron chi connectivity index (χ3n) is 5.17. The van der Waals surface area contributed by atoms with E-state index in [4.69, 9.17) is 9.15 Å². The van der Waals surface area contributed by atoms with Crippen molar-refractivity contribution < 1.29 is 19.1 Å². The number of aromatic nitrogens is 1. The van der Waals surface area contributed by atoms with Gasteiger partial charge in [0.1, 0.15) is 30.4 Å². The maximum atomic E-state index is 11.4. The quantitative estimate of drug-likeness (QED) is 0.644. The van der Waals surface area contributed by atoms with Crippen LogP contribution in [-0.4, -0.2) is 33.5 Å². The molecule has 1 N–H and O–H groups in total. The molecule has 3 aromatic rings. The SMILES string of the molecule is O=C(O)C1CCCCN1Cc1ccc(OCc2coc(-c3ccccc3)n2)cc1. The van der Waals surface area contributed by atoms with Crippen LogP contribution >= 0.6 is 0 Å². The van der Waals surface area contributed by atoms with Crippen molar-refractivity contribution in [1.82, 2.24) is 9.88 Å². The molecule has 0 spiro atoms. The second-order valence-corrected chi connectivity index (χ2v) is 7.26. The summed E-state index contributed by atoms with van der Waals surface area (Å²) in [6.07, 6.45) is 4.36. The van der Waals surface area contributed by atoms with Gasteiger partial charge in [-0.25, -0.2) is 4.98 Å². The van der Waals surface area contributed by atoms with E-state index < -0.39 is 5.97 Å². The molecule has 0 saturated carbocycles. The highest BCUT2D eigenvalue weighted by molar-refractivity contribution is 5.73. The number of hydrogen-bond acceptors (Lipinski definition) is 5. The Bertz CT molecular complexity index is 937. The number of piperidine rings is 1. The van der Waals surface area contributed by atoms with E-state index in [1.807, 2.05) is 59.5 Å². The zero-order valence-electron chi connectivity index (χ0n) is 16.2. The molecule has 4 rings (SSSR count). The van der Waals surface area contributed by atoms with Gasteiger partial charge in [0.05, 0.1) is 0 Å². The molecule has 0 aliphatic carbocycles. The van der Waals surface area contributed by atoms with Crippen molar-refractivity contribution in [2.24, 2.45) is 0 Å². The lowest BCUT2D eigenvalue weighted by Crippen LogP contribution is -2.43. The minimum Gasteiger partial charge on any atom is -0.487 e. The lowest BCUT2D eigenvalue weighted by molar-refractivity contribution is -0.144. The number of likely N-dealkylation sites (tertiary alicyclic amines) is 1. The average molecular weight is 392 g/mol. The summed E-state index contributed by atoms with van der Waals surface area (Å²) in [5.41, 5.74) is 2.74. The fraction of sp³-hybridized carbons (Fsp3) is 0.304. The van der Waals surface area contributed by atoms with Gasteiger partial charge >= 0.3 is 5.97 Å². The van der Waals surface area contributed by atoms with E-state index in [0.29, 0.717) is 19.0 Å². The number of carbonyl (C=O) groups is 1. The zero-order chi connectivity index (χ0) is 20.1. The van der Waals surface area contributed by atoms with Crippen molar-refractivity contribution in [3.05, 3.63) is 72.1 Å². The Morgan fingerprint density at radius 2 is 1.93 bits per heavy atom. The van der Waals surface area contributed by atoms with Crippen LogP contribution in [0.4, 0.5) is 0 Å². The molecule has 2 heterocycles. The standard InChI is InChI=1S/C23H24N2O4/c26-23(27)21-8-4-5-13-25(21)14-17-9-11-20(12-10-17)28-15-19-16-29-22(24-19)18-6-2-1-3-7-18/h1-3,6-7,9-12,16,21H,4-5,8,13-15H2,(H,26,27). The van der Waals surface area contributed by atoms with E-state index >= 15 is 0 Å². The lowest BCUT2D eigenvalue weighted by atomic mass is 10.0. The Hall–Kier alpha value is -3.12. The smallest absolute Gasteiger partial charge is 0.320 e. The topological polar surface area (TPSA) is 75.8 Å². The first-order chi connectivity index (χ1) is 14.2. The molecule has 2 aromatic carbocycles. The first kappa shape index (κ1) is 19.2. The summed E-state index contributed by atoms with van der Waals surface area (Å²) in [4.78, 5) is 18.0. The van der Waals surface area contributed by atoms with Gasteiger partial charge in [-0.1, -0.05) is 36.8 Å². The number of nitrogens with zero attached hydrogens (tertiary/aromatic N) is 2. The van der Waals surface area contributed by atoms with Crippen molar-refractivity contribution in [2.45, 2.75) is 38.5 Å². The first-order valence-corrected chi connectivity index (χ1v) is 9.87. The van der Waals surface area contributed by atoms with E-state index in [9.17, 15) is 9.90 Å². The molecule has 1 unspecified atom stereocenters. The summed E-state index contributed by atoms with van der Waals surface area (Å²) in [6, 6.07) is 17.2. The van der Waals surface area contributed by atoms with Crippen LogP contribution < -0.4 is 4.74 Å². The van der Waals surface area contributed by atoms with Crippen molar-refractivity contribution in [3.8, 4) is 17.2 Å². The number of ether oxygens (including phenoxy) is 1. The Labute approximate surface area is 169 Å². The Kier molecular flexibility index (Phi) is 5.91. The normalized spacial score (nSPS) is 17.2. The van der Waals surface area contributed by atoms with Gasteiger partial charge in [-0.05, 0) is 49.2 Å². The zero-order valence-corrected chi connectivity index (χ0v) is 16.2. The van der Waals surface area contributed by atoms with Crippen LogP contribution in [0.1, 0.15) is 30.5 Å². The van der Waals surface area contributed by atoms with Crippen LogP contribution in [0.5, 0.6) is 5.75 Å². The molecule has 1 atom stereocenters. The molecular formula is C23H24N2O4. The number of rotatable bonds is 7. The maximum absolute atomic E-state index is 11.4. The fourth-order valence-electron chi connectivity index (χ4n) is 3.63. The van der Waals surface area contributed by atoms with Gasteiger partial charge in [-0.15, -0.1) is 0 Å². The van der Waals surface area contributed by atoms with Crippen molar-refractivity contribution in [3.63, 3.8) is 0 Å². The number of oxazole rings is 1. The van der Waals surface area contributed by atoms with Crippen LogP contribution in [0.15, 0.2) is 65.3 Å². The second kappa shape index (κ2) is 8.92. The Balaban J connectivity index is 1.33. The molecule has 150 valence electrons.